The molecule has 10 aromatic carbocycles. The smallest absolute Gasteiger partial charge is 0.187 e. The summed E-state index contributed by atoms with van der Waals surface area (Å²) in [6.07, 6.45) is 0. The highest BCUT2D eigenvalue weighted by Crippen LogP contribution is 2.48. The van der Waals surface area contributed by atoms with E-state index in [2.05, 4.69) is 130 Å². The summed E-state index contributed by atoms with van der Waals surface area (Å²) in [5.41, 5.74) is 10.1. The van der Waals surface area contributed by atoms with Crippen molar-refractivity contribution in [1.82, 2.24) is 0 Å². The maximum absolute atomic E-state index is 9.67. The molecule has 302 valence electrons. The first kappa shape index (κ1) is 36.7. The molecule has 13 rings (SSSR count). The number of nitrogens with zero attached hydrogens (tertiary/aromatic N) is 4. The van der Waals surface area contributed by atoms with Gasteiger partial charge in [-0.1, -0.05) is 97.1 Å². The summed E-state index contributed by atoms with van der Waals surface area (Å²) in [6, 6.07) is 69.1. The first-order valence-corrected chi connectivity index (χ1v) is 22.1. The topological polar surface area (TPSA) is 60.9 Å². The SMILES string of the molecule is [C-]#[N+]c1ccc(N(c2ccc3c(ccc4sc5ccc6cc(N(c7ccc(C#N)cc7)c7cccc8c7oc7ccccc78)ccc6c5c43)c2)c2cccc3c2oc2ccccc23)cc1. The van der Waals surface area contributed by atoms with Crippen LogP contribution >= 0.6 is 11.3 Å². The predicted molar refractivity (Wildman–Crippen MR) is 269 cm³/mol. The summed E-state index contributed by atoms with van der Waals surface area (Å²) in [7, 11) is 0. The van der Waals surface area contributed by atoms with Crippen molar-refractivity contribution in [2.75, 3.05) is 9.80 Å². The second kappa shape index (κ2) is 14.3. The van der Waals surface area contributed by atoms with Gasteiger partial charge in [0.1, 0.15) is 11.2 Å². The van der Waals surface area contributed by atoms with Crippen molar-refractivity contribution < 1.29 is 8.83 Å². The van der Waals surface area contributed by atoms with E-state index in [9.17, 15) is 5.26 Å². The molecule has 0 amide bonds. The molecule has 0 saturated heterocycles. The molecule has 0 atom stereocenters. The van der Waals surface area contributed by atoms with Crippen molar-refractivity contribution >= 4 is 137 Å². The first-order valence-electron chi connectivity index (χ1n) is 21.3. The molecule has 0 unspecified atom stereocenters. The number of thiophene rings is 1. The summed E-state index contributed by atoms with van der Waals surface area (Å²) < 4.78 is 15.6. The van der Waals surface area contributed by atoms with Crippen LogP contribution in [0.2, 0.25) is 0 Å². The highest BCUT2D eigenvalue weighted by Gasteiger charge is 2.23. The van der Waals surface area contributed by atoms with Crippen LogP contribution < -0.4 is 9.80 Å². The molecule has 0 N–H and O–H groups in total. The van der Waals surface area contributed by atoms with Gasteiger partial charge in [-0.25, -0.2) is 4.85 Å². The van der Waals surface area contributed by atoms with E-state index in [-0.39, 0.29) is 0 Å². The van der Waals surface area contributed by atoms with Crippen molar-refractivity contribution in [2.45, 2.75) is 0 Å². The molecule has 3 aromatic heterocycles. The van der Waals surface area contributed by atoms with Crippen molar-refractivity contribution in [3.63, 3.8) is 0 Å². The molecule has 0 fully saturated rings. The van der Waals surface area contributed by atoms with E-state index < -0.39 is 0 Å². The normalized spacial score (nSPS) is 11.7. The summed E-state index contributed by atoms with van der Waals surface area (Å²) in [5.74, 6) is 0. The second-order valence-corrected chi connectivity index (χ2v) is 17.3. The number of nitriles is 1. The zero-order chi connectivity index (χ0) is 43.2. The Morgan fingerprint density at radius 3 is 1.40 bits per heavy atom. The molecule has 3 heterocycles. The Hall–Kier alpha value is -8.88. The van der Waals surface area contributed by atoms with Crippen molar-refractivity contribution in [2.24, 2.45) is 0 Å². The molecule has 0 aliphatic heterocycles. The number of fused-ring (bicyclic) bond motifs is 13. The van der Waals surface area contributed by atoms with E-state index in [0.717, 1.165) is 88.8 Å². The molecule has 6 nitrogen and oxygen atoms in total. The molecule has 7 heteroatoms. The Morgan fingerprint density at radius 1 is 0.446 bits per heavy atom. The van der Waals surface area contributed by atoms with Crippen LogP contribution in [-0.2, 0) is 0 Å². The summed E-state index contributed by atoms with van der Waals surface area (Å²) in [4.78, 5) is 8.13. The van der Waals surface area contributed by atoms with Gasteiger partial charge in [-0.2, -0.15) is 5.26 Å². The molecule has 0 aliphatic carbocycles. The molecule has 0 radical (unpaired) electrons. The third-order valence-electron chi connectivity index (χ3n) is 12.7. The number of rotatable bonds is 6. The Morgan fingerprint density at radius 2 is 0.908 bits per heavy atom. The minimum atomic E-state index is 0.589. The van der Waals surface area contributed by atoms with Crippen LogP contribution in [0.3, 0.4) is 0 Å². The van der Waals surface area contributed by atoms with Gasteiger partial charge in [0.05, 0.1) is 29.6 Å². The molecular weight excluding hydrogens is 817 g/mol. The van der Waals surface area contributed by atoms with Gasteiger partial charge in [-0.15, -0.1) is 11.3 Å². The number of anilines is 6. The lowest BCUT2D eigenvalue weighted by Gasteiger charge is -2.26. The minimum Gasteiger partial charge on any atom is -0.454 e. The van der Waals surface area contributed by atoms with E-state index in [4.69, 9.17) is 15.4 Å². The van der Waals surface area contributed by atoms with Crippen molar-refractivity contribution in [3.05, 3.63) is 211 Å². The average molecular weight is 849 g/mol. The lowest BCUT2D eigenvalue weighted by molar-refractivity contribution is 0.668. The van der Waals surface area contributed by atoms with Gasteiger partial charge in [0.15, 0.2) is 16.9 Å². The zero-order valence-electron chi connectivity index (χ0n) is 34.5. The third-order valence-corrected chi connectivity index (χ3v) is 13.8. The number of hydrogen-bond acceptors (Lipinski definition) is 6. The van der Waals surface area contributed by atoms with Crippen molar-refractivity contribution in [3.8, 4) is 6.07 Å². The van der Waals surface area contributed by atoms with E-state index in [0.29, 0.717) is 11.3 Å². The summed E-state index contributed by atoms with van der Waals surface area (Å²) in [6.45, 7) is 7.61. The van der Waals surface area contributed by atoms with E-state index in [1.807, 2.05) is 96.3 Å². The predicted octanol–water partition coefficient (Wildman–Crippen LogP) is 17.5. The van der Waals surface area contributed by atoms with Gasteiger partial charge in [-0.3, -0.25) is 0 Å². The second-order valence-electron chi connectivity index (χ2n) is 16.3. The van der Waals surface area contributed by atoms with E-state index in [1.54, 1.807) is 0 Å². The lowest BCUT2D eigenvalue weighted by Crippen LogP contribution is -2.10. The number of benzene rings is 10. The highest BCUT2D eigenvalue weighted by atomic mass is 32.1. The number of hydrogen-bond donors (Lipinski definition) is 0. The van der Waals surface area contributed by atoms with E-state index >= 15 is 0 Å². The van der Waals surface area contributed by atoms with Crippen molar-refractivity contribution in [1.29, 1.82) is 5.26 Å². The Balaban J connectivity index is 0.983. The Bertz CT molecular complexity index is 3900. The van der Waals surface area contributed by atoms with Crippen LogP contribution in [0, 0.1) is 17.9 Å². The molecule has 65 heavy (non-hydrogen) atoms. The van der Waals surface area contributed by atoms with Gasteiger partial charge >= 0.3 is 0 Å². The van der Waals surface area contributed by atoms with E-state index in [1.165, 1.54) is 30.9 Å². The first-order chi connectivity index (χ1) is 32.1. The quantitative estimate of drug-likeness (QED) is 0.156. The molecule has 0 saturated carbocycles. The number of para-hydroxylation sites is 4. The fourth-order valence-electron chi connectivity index (χ4n) is 9.71. The average Bonchev–Trinajstić information content (AvgIpc) is 4.07. The standard InChI is InChI=1S/C58H32N4O2S/c1-60-38-20-24-40(25-21-38)62(50-13-7-11-48-46-9-3-5-15-52(46)64-58(48)50)42-27-29-44-37(33-42)19-31-54-56(44)55-43-28-26-41(32-36(43)18-30-53(55)65-54)61(39-22-16-35(34-59)17-23-39)49-12-6-10-47-45-8-2-4-14-51(45)63-57(47)49/h2-33H. The van der Waals surface area contributed by atoms with Crippen LogP contribution in [0.1, 0.15) is 5.56 Å². The molecular formula is C58H32N4O2S. The van der Waals surface area contributed by atoms with Crippen LogP contribution in [-0.4, -0.2) is 0 Å². The maximum atomic E-state index is 9.67. The molecule has 0 spiro atoms. The largest absolute Gasteiger partial charge is 0.454 e. The van der Waals surface area contributed by atoms with Gasteiger partial charge in [0, 0.05) is 64.5 Å². The monoisotopic (exact) mass is 848 g/mol. The Labute approximate surface area is 376 Å². The fraction of sp³-hybridized carbons (Fsp3) is 0. The van der Waals surface area contributed by atoms with Crippen LogP contribution in [0.5, 0.6) is 0 Å². The maximum Gasteiger partial charge on any atom is 0.187 e. The molecule has 0 bridgehead atoms. The van der Waals surface area contributed by atoms with Crippen LogP contribution in [0.25, 0.3) is 90.4 Å². The summed E-state index contributed by atoms with van der Waals surface area (Å²) >= 11 is 1.82. The molecule has 0 aliphatic rings. The minimum absolute atomic E-state index is 0.589. The Kier molecular flexibility index (Phi) is 8.10. The lowest BCUT2D eigenvalue weighted by atomic mass is 9.98. The summed E-state index contributed by atoms with van der Waals surface area (Å²) in [5, 5.41) is 21.0. The molecule has 13 aromatic rings. The highest BCUT2D eigenvalue weighted by molar-refractivity contribution is 7.26. The fourth-order valence-corrected chi connectivity index (χ4v) is 10.8. The van der Waals surface area contributed by atoms with Gasteiger partial charge in [0.2, 0.25) is 0 Å². The van der Waals surface area contributed by atoms with Gasteiger partial charge in [0.25, 0.3) is 0 Å². The van der Waals surface area contributed by atoms with Gasteiger partial charge < -0.3 is 18.6 Å². The van der Waals surface area contributed by atoms with Gasteiger partial charge in [-0.05, 0) is 119 Å². The zero-order valence-corrected chi connectivity index (χ0v) is 35.3. The van der Waals surface area contributed by atoms with Crippen LogP contribution in [0.15, 0.2) is 203 Å². The number of furan rings is 2. The third kappa shape index (κ3) is 5.70. The van der Waals surface area contributed by atoms with Crippen LogP contribution in [0.4, 0.5) is 39.8 Å².